The van der Waals surface area contributed by atoms with Gasteiger partial charge in [0.1, 0.15) is 5.82 Å². The minimum absolute atomic E-state index is 0.131. The number of pyridine rings is 1. The predicted molar refractivity (Wildman–Crippen MR) is 109 cm³/mol. The van der Waals surface area contributed by atoms with Crippen molar-refractivity contribution >= 4 is 11.7 Å². The Balaban J connectivity index is 1.65. The third-order valence-electron chi connectivity index (χ3n) is 5.61. The van der Waals surface area contributed by atoms with Crippen molar-refractivity contribution in [2.75, 3.05) is 18.0 Å². The second-order valence-corrected chi connectivity index (χ2v) is 7.47. The Kier molecular flexibility index (Phi) is 4.43. The Morgan fingerprint density at radius 3 is 2.77 bits per heavy atom. The van der Waals surface area contributed by atoms with E-state index in [2.05, 4.69) is 15.2 Å². The van der Waals surface area contributed by atoms with Crippen LogP contribution in [0.3, 0.4) is 0 Å². The van der Waals surface area contributed by atoms with E-state index in [0.717, 1.165) is 31.7 Å². The van der Waals surface area contributed by atoms with Gasteiger partial charge in [-0.15, -0.1) is 0 Å². The molecule has 1 amide bonds. The first-order valence-corrected chi connectivity index (χ1v) is 9.98. The smallest absolute Gasteiger partial charge is 0.255 e. The first kappa shape index (κ1) is 18.3. The number of amides is 1. The molecule has 4 heterocycles. The zero-order valence-corrected chi connectivity index (χ0v) is 16.2. The highest BCUT2D eigenvalue weighted by Gasteiger charge is 2.28. The second-order valence-electron chi connectivity index (χ2n) is 7.47. The van der Waals surface area contributed by atoms with Crippen molar-refractivity contribution in [1.82, 2.24) is 20.1 Å². The molecule has 1 fully saturated rings. The van der Waals surface area contributed by atoms with Gasteiger partial charge in [0.05, 0.1) is 46.4 Å². The van der Waals surface area contributed by atoms with Crippen molar-refractivity contribution in [3.8, 4) is 23.0 Å². The summed E-state index contributed by atoms with van der Waals surface area (Å²) >= 11 is 0. The van der Waals surface area contributed by atoms with Gasteiger partial charge in [-0.2, -0.15) is 10.4 Å². The van der Waals surface area contributed by atoms with E-state index < -0.39 is 5.82 Å². The van der Waals surface area contributed by atoms with E-state index in [0.29, 0.717) is 22.6 Å². The molecule has 5 rings (SSSR count). The number of nitrogens with one attached hydrogen (secondary N) is 1. The van der Waals surface area contributed by atoms with E-state index in [1.807, 2.05) is 18.3 Å². The zero-order chi connectivity index (χ0) is 20.7. The quantitative estimate of drug-likeness (QED) is 0.727. The number of hydrogen-bond donors (Lipinski definition) is 1. The van der Waals surface area contributed by atoms with Crippen molar-refractivity contribution in [3.63, 3.8) is 0 Å². The Bertz CT molecular complexity index is 1190. The fraction of sp³-hybridized carbons (Fsp3) is 0.273. The molecular formula is C22H19FN6O. The molecule has 8 heteroatoms. The van der Waals surface area contributed by atoms with Gasteiger partial charge in [-0.25, -0.2) is 14.1 Å². The minimum Gasteiger partial charge on any atom is -0.355 e. The molecule has 150 valence electrons. The van der Waals surface area contributed by atoms with E-state index in [4.69, 9.17) is 5.10 Å². The molecule has 2 aromatic heterocycles. The van der Waals surface area contributed by atoms with Crippen LogP contribution in [0.4, 0.5) is 10.2 Å². The van der Waals surface area contributed by atoms with Crippen LogP contribution in [0.2, 0.25) is 0 Å². The molecule has 0 atom stereocenters. The number of rotatable bonds is 3. The van der Waals surface area contributed by atoms with Gasteiger partial charge in [0.25, 0.3) is 5.91 Å². The van der Waals surface area contributed by atoms with Crippen molar-refractivity contribution in [2.24, 2.45) is 0 Å². The Morgan fingerprint density at radius 2 is 1.97 bits per heavy atom. The monoisotopic (exact) mass is 402 g/mol. The summed E-state index contributed by atoms with van der Waals surface area (Å²) in [5.74, 6) is 0.0890. The van der Waals surface area contributed by atoms with Crippen LogP contribution in [0, 0.1) is 17.1 Å². The molecule has 3 aromatic rings. The van der Waals surface area contributed by atoms with Crippen molar-refractivity contribution in [2.45, 2.75) is 25.8 Å². The van der Waals surface area contributed by atoms with Gasteiger partial charge in [0, 0.05) is 25.4 Å². The van der Waals surface area contributed by atoms with Crippen molar-refractivity contribution in [3.05, 3.63) is 59.2 Å². The molecule has 0 radical (unpaired) electrons. The van der Waals surface area contributed by atoms with Crippen molar-refractivity contribution < 1.29 is 9.18 Å². The van der Waals surface area contributed by atoms with Crippen LogP contribution in [0.25, 0.3) is 16.9 Å². The number of aromatic nitrogens is 3. The highest BCUT2D eigenvalue weighted by Crippen LogP contribution is 2.31. The molecule has 1 N–H and O–H groups in total. The van der Waals surface area contributed by atoms with Crippen molar-refractivity contribution in [1.29, 1.82) is 5.26 Å². The topological polar surface area (TPSA) is 86.8 Å². The van der Waals surface area contributed by atoms with E-state index >= 15 is 0 Å². The fourth-order valence-electron chi connectivity index (χ4n) is 4.14. The SMILES string of the molecule is N#Cc1cccc(F)c1-c1cc(-n2ccc(N3CCCCC3)n2)c2c(n1)CNC2=O. The standard InChI is InChI=1S/C22H19FN6O/c23-15-6-4-5-14(12-24)20(15)16-11-18(21-17(26-16)13-25-22(21)30)29-10-7-19(27-29)28-8-2-1-3-9-28/h4-7,10-11H,1-3,8-9,13H2,(H,25,30). The largest absolute Gasteiger partial charge is 0.355 e. The number of piperidine rings is 1. The lowest BCUT2D eigenvalue weighted by molar-refractivity contribution is 0.0965. The van der Waals surface area contributed by atoms with E-state index in [1.165, 1.54) is 18.6 Å². The normalized spacial score (nSPS) is 15.6. The molecule has 0 aliphatic carbocycles. The molecule has 1 aromatic carbocycles. The van der Waals surface area contributed by atoms with Crippen LogP contribution < -0.4 is 10.2 Å². The summed E-state index contributed by atoms with van der Waals surface area (Å²) in [6.45, 7) is 2.17. The van der Waals surface area contributed by atoms with Crippen LogP contribution in [0.15, 0.2) is 36.5 Å². The van der Waals surface area contributed by atoms with Gasteiger partial charge in [0.2, 0.25) is 0 Å². The number of carbonyl (C=O) groups is 1. The van der Waals surface area contributed by atoms with Gasteiger partial charge in [-0.1, -0.05) is 6.07 Å². The molecule has 30 heavy (non-hydrogen) atoms. The van der Waals surface area contributed by atoms with Gasteiger partial charge < -0.3 is 10.2 Å². The first-order valence-electron chi connectivity index (χ1n) is 9.98. The maximum atomic E-state index is 14.6. The number of carbonyl (C=O) groups excluding carboxylic acids is 1. The summed E-state index contributed by atoms with van der Waals surface area (Å²) in [5.41, 5.74) is 2.12. The second kappa shape index (κ2) is 7.26. The third-order valence-corrected chi connectivity index (χ3v) is 5.61. The molecule has 2 aliphatic heterocycles. The third kappa shape index (κ3) is 2.99. The molecule has 0 spiro atoms. The summed E-state index contributed by atoms with van der Waals surface area (Å²) in [4.78, 5) is 19.2. The summed E-state index contributed by atoms with van der Waals surface area (Å²) in [5, 5.41) is 16.9. The minimum atomic E-state index is -0.529. The highest BCUT2D eigenvalue weighted by molar-refractivity contribution is 6.01. The molecule has 0 saturated carbocycles. The van der Waals surface area contributed by atoms with Gasteiger partial charge in [0.15, 0.2) is 5.82 Å². The molecule has 2 aliphatic rings. The maximum absolute atomic E-state index is 14.6. The lowest BCUT2D eigenvalue weighted by Gasteiger charge is -2.26. The number of nitrogens with zero attached hydrogens (tertiary/aromatic N) is 5. The Hall–Kier alpha value is -3.73. The number of benzene rings is 1. The predicted octanol–water partition coefficient (Wildman–Crippen LogP) is 3.18. The summed E-state index contributed by atoms with van der Waals surface area (Å²) in [6.07, 6.45) is 5.30. The van der Waals surface area contributed by atoms with Crippen LogP contribution in [-0.2, 0) is 6.54 Å². The van der Waals surface area contributed by atoms with E-state index in [-0.39, 0.29) is 23.6 Å². The fourth-order valence-corrected chi connectivity index (χ4v) is 4.14. The summed E-state index contributed by atoms with van der Waals surface area (Å²) in [7, 11) is 0. The lowest BCUT2D eigenvalue weighted by Crippen LogP contribution is -2.29. The van der Waals surface area contributed by atoms with Gasteiger partial charge in [-0.05, 0) is 37.5 Å². The van der Waals surface area contributed by atoms with Crippen LogP contribution >= 0.6 is 0 Å². The average Bonchev–Trinajstić information content (AvgIpc) is 3.41. The van der Waals surface area contributed by atoms with Crippen LogP contribution in [-0.4, -0.2) is 33.8 Å². The van der Waals surface area contributed by atoms with E-state index in [9.17, 15) is 14.4 Å². The number of nitriles is 1. The summed E-state index contributed by atoms with van der Waals surface area (Å²) in [6, 6.07) is 9.94. The van der Waals surface area contributed by atoms with Gasteiger partial charge in [-0.3, -0.25) is 4.79 Å². The number of halogens is 1. The Morgan fingerprint density at radius 1 is 1.13 bits per heavy atom. The molecule has 0 unspecified atom stereocenters. The van der Waals surface area contributed by atoms with E-state index in [1.54, 1.807) is 16.8 Å². The van der Waals surface area contributed by atoms with Gasteiger partial charge >= 0.3 is 0 Å². The molecule has 1 saturated heterocycles. The number of hydrogen-bond acceptors (Lipinski definition) is 5. The van der Waals surface area contributed by atoms with Crippen LogP contribution in [0.1, 0.15) is 40.9 Å². The lowest BCUT2D eigenvalue weighted by atomic mass is 10.0. The number of anilines is 1. The Labute approximate surface area is 172 Å². The number of fused-ring (bicyclic) bond motifs is 1. The molecular weight excluding hydrogens is 383 g/mol. The highest BCUT2D eigenvalue weighted by atomic mass is 19.1. The van der Waals surface area contributed by atoms with Crippen LogP contribution in [0.5, 0.6) is 0 Å². The summed E-state index contributed by atoms with van der Waals surface area (Å²) < 4.78 is 16.3. The maximum Gasteiger partial charge on any atom is 0.255 e. The average molecular weight is 402 g/mol. The molecule has 0 bridgehead atoms. The zero-order valence-electron chi connectivity index (χ0n) is 16.2. The first-order chi connectivity index (χ1) is 14.7. The molecule has 7 nitrogen and oxygen atoms in total.